The molecule has 1 atom stereocenters. The topological polar surface area (TPSA) is 20.2 Å². The second kappa shape index (κ2) is 4.94. The molecular formula is C12H21F3O. The monoisotopic (exact) mass is 238 g/mol. The Bertz CT molecular complexity index is 217. The van der Waals surface area contributed by atoms with Gasteiger partial charge in [0, 0.05) is 0 Å². The van der Waals surface area contributed by atoms with E-state index in [1.54, 1.807) is 0 Å². The summed E-state index contributed by atoms with van der Waals surface area (Å²) in [6.07, 6.45) is -1.74. The molecule has 1 rings (SSSR count). The van der Waals surface area contributed by atoms with Gasteiger partial charge in [-0.1, -0.05) is 20.3 Å². The quantitative estimate of drug-likeness (QED) is 0.790. The third-order valence-electron chi connectivity index (χ3n) is 3.80. The lowest BCUT2D eigenvalue weighted by Crippen LogP contribution is -2.39. The first-order chi connectivity index (χ1) is 7.27. The van der Waals surface area contributed by atoms with Crippen molar-refractivity contribution < 1.29 is 18.3 Å². The molecule has 1 N–H and O–H groups in total. The predicted octanol–water partition coefficient (Wildman–Crippen LogP) is 3.91. The van der Waals surface area contributed by atoms with Gasteiger partial charge in [0.1, 0.15) is 0 Å². The van der Waals surface area contributed by atoms with Crippen LogP contribution in [0.25, 0.3) is 0 Å². The number of hydrogen-bond acceptors (Lipinski definition) is 1. The maximum absolute atomic E-state index is 12.4. The Labute approximate surface area is 95.0 Å². The summed E-state index contributed by atoms with van der Waals surface area (Å²) in [4.78, 5) is 0. The summed E-state index contributed by atoms with van der Waals surface area (Å²) in [6.45, 7) is 4.07. The molecule has 1 unspecified atom stereocenters. The van der Waals surface area contributed by atoms with E-state index in [-0.39, 0.29) is 12.8 Å². The highest BCUT2D eigenvalue weighted by molar-refractivity contribution is 4.88. The van der Waals surface area contributed by atoms with Gasteiger partial charge in [-0.2, -0.15) is 13.2 Å². The normalized spacial score (nSPS) is 33.8. The molecular weight excluding hydrogens is 217 g/mol. The molecule has 0 radical (unpaired) electrons. The van der Waals surface area contributed by atoms with Gasteiger partial charge >= 0.3 is 6.18 Å². The standard InChI is InChI=1S/C12H21F3O/c1-3-9(2)8-11(16)6-4-10(5-7-11)12(13,14)15/h9-10,16H,3-8H2,1-2H3. The fourth-order valence-corrected chi connectivity index (χ4v) is 2.48. The molecule has 96 valence electrons. The number of halogens is 3. The zero-order valence-corrected chi connectivity index (χ0v) is 9.98. The first kappa shape index (κ1) is 13.8. The van der Waals surface area contributed by atoms with Crippen LogP contribution < -0.4 is 0 Å². The maximum atomic E-state index is 12.4. The molecule has 1 aliphatic rings. The molecule has 0 aromatic carbocycles. The molecule has 16 heavy (non-hydrogen) atoms. The van der Waals surface area contributed by atoms with Crippen molar-refractivity contribution in [3.63, 3.8) is 0 Å². The average Bonchev–Trinajstić information content (AvgIpc) is 2.16. The third kappa shape index (κ3) is 3.65. The summed E-state index contributed by atoms with van der Waals surface area (Å²) in [5.41, 5.74) is -0.850. The van der Waals surface area contributed by atoms with Gasteiger partial charge < -0.3 is 5.11 Å². The van der Waals surface area contributed by atoms with Crippen molar-refractivity contribution in [1.82, 2.24) is 0 Å². The lowest BCUT2D eigenvalue weighted by molar-refractivity contribution is -0.193. The van der Waals surface area contributed by atoms with Crippen LogP contribution in [0.15, 0.2) is 0 Å². The van der Waals surface area contributed by atoms with Gasteiger partial charge in [0.25, 0.3) is 0 Å². The zero-order chi connectivity index (χ0) is 12.4. The Morgan fingerprint density at radius 1 is 1.31 bits per heavy atom. The smallest absolute Gasteiger partial charge is 0.390 e. The van der Waals surface area contributed by atoms with Crippen LogP contribution in [0.4, 0.5) is 13.2 Å². The highest BCUT2D eigenvalue weighted by Gasteiger charge is 2.45. The minimum Gasteiger partial charge on any atom is -0.390 e. The van der Waals surface area contributed by atoms with Crippen LogP contribution in [0.2, 0.25) is 0 Å². The molecule has 0 spiro atoms. The Morgan fingerprint density at radius 2 is 1.81 bits per heavy atom. The summed E-state index contributed by atoms with van der Waals surface area (Å²) in [5.74, 6) is -0.822. The Kier molecular flexibility index (Phi) is 4.27. The molecule has 0 saturated heterocycles. The van der Waals surface area contributed by atoms with Crippen LogP contribution in [0.3, 0.4) is 0 Å². The van der Waals surface area contributed by atoms with E-state index in [1.165, 1.54) is 0 Å². The van der Waals surface area contributed by atoms with Crippen molar-refractivity contribution in [3.05, 3.63) is 0 Å². The fourth-order valence-electron chi connectivity index (χ4n) is 2.48. The number of hydrogen-bond donors (Lipinski definition) is 1. The Hall–Kier alpha value is -0.250. The van der Waals surface area contributed by atoms with E-state index >= 15 is 0 Å². The molecule has 0 aromatic heterocycles. The van der Waals surface area contributed by atoms with Crippen LogP contribution >= 0.6 is 0 Å². The molecule has 0 aliphatic heterocycles. The van der Waals surface area contributed by atoms with Crippen LogP contribution in [0, 0.1) is 11.8 Å². The minimum absolute atomic E-state index is 0.0798. The molecule has 0 heterocycles. The second-order valence-corrected chi connectivity index (χ2v) is 5.26. The highest BCUT2D eigenvalue weighted by Crippen LogP contribution is 2.43. The van der Waals surface area contributed by atoms with Gasteiger partial charge in [-0.3, -0.25) is 0 Å². The number of aliphatic hydroxyl groups is 1. The van der Waals surface area contributed by atoms with E-state index in [0.717, 1.165) is 6.42 Å². The van der Waals surface area contributed by atoms with E-state index in [9.17, 15) is 18.3 Å². The van der Waals surface area contributed by atoms with Gasteiger partial charge in [-0.25, -0.2) is 0 Å². The van der Waals surface area contributed by atoms with Crippen molar-refractivity contribution in [2.24, 2.45) is 11.8 Å². The van der Waals surface area contributed by atoms with Gasteiger partial charge in [0.2, 0.25) is 0 Å². The summed E-state index contributed by atoms with van der Waals surface area (Å²) < 4.78 is 37.3. The van der Waals surface area contributed by atoms with Crippen molar-refractivity contribution in [1.29, 1.82) is 0 Å². The summed E-state index contributed by atoms with van der Waals surface area (Å²) in [5, 5.41) is 10.2. The van der Waals surface area contributed by atoms with Crippen LogP contribution in [0.1, 0.15) is 52.4 Å². The number of alkyl halides is 3. The van der Waals surface area contributed by atoms with Crippen LogP contribution in [-0.4, -0.2) is 16.9 Å². The maximum Gasteiger partial charge on any atom is 0.391 e. The Balaban J connectivity index is 2.47. The second-order valence-electron chi connectivity index (χ2n) is 5.26. The molecule has 1 saturated carbocycles. The van der Waals surface area contributed by atoms with Crippen LogP contribution in [-0.2, 0) is 0 Å². The fraction of sp³-hybridized carbons (Fsp3) is 1.00. The van der Waals surface area contributed by atoms with E-state index in [1.807, 2.05) is 13.8 Å². The molecule has 4 heteroatoms. The lowest BCUT2D eigenvalue weighted by atomic mass is 9.74. The Morgan fingerprint density at radius 3 is 2.19 bits per heavy atom. The van der Waals surface area contributed by atoms with E-state index in [4.69, 9.17) is 0 Å². The summed E-state index contributed by atoms with van der Waals surface area (Å²) in [7, 11) is 0. The van der Waals surface area contributed by atoms with Crippen molar-refractivity contribution in [2.45, 2.75) is 64.1 Å². The van der Waals surface area contributed by atoms with Gasteiger partial charge in [-0.05, 0) is 38.0 Å². The molecule has 0 bridgehead atoms. The van der Waals surface area contributed by atoms with Crippen LogP contribution in [0.5, 0.6) is 0 Å². The van der Waals surface area contributed by atoms with Crippen molar-refractivity contribution >= 4 is 0 Å². The largest absolute Gasteiger partial charge is 0.391 e. The van der Waals surface area contributed by atoms with Gasteiger partial charge in [0.05, 0.1) is 11.5 Å². The molecule has 0 amide bonds. The van der Waals surface area contributed by atoms with Crippen molar-refractivity contribution in [2.75, 3.05) is 0 Å². The first-order valence-electron chi connectivity index (χ1n) is 6.06. The number of rotatable bonds is 3. The lowest BCUT2D eigenvalue weighted by Gasteiger charge is -2.38. The minimum atomic E-state index is -4.09. The summed E-state index contributed by atoms with van der Waals surface area (Å²) >= 11 is 0. The molecule has 1 aliphatic carbocycles. The molecule has 0 aromatic rings. The zero-order valence-electron chi connectivity index (χ0n) is 9.98. The van der Waals surface area contributed by atoms with E-state index < -0.39 is 17.7 Å². The summed E-state index contributed by atoms with van der Waals surface area (Å²) in [6, 6.07) is 0. The predicted molar refractivity (Wildman–Crippen MR) is 57.0 cm³/mol. The molecule has 1 nitrogen and oxygen atoms in total. The van der Waals surface area contributed by atoms with E-state index in [0.29, 0.717) is 25.2 Å². The first-order valence-corrected chi connectivity index (χ1v) is 6.06. The third-order valence-corrected chi connectivity index (χ3v) is 3.80. The van der Waals surface area contributed by atoms with Gasteiger partial charge in [-0.15, -0.1) is 0 Å². The molecule has 1 fully saturated rings. The average molecular weight is 238 g/mol. The van der Waals surface area contributed by atoms with E-state index in [2.05, 4.69) is 0 Å². The van der Waals surface area contributed by atoms with Crippen molar-refractivity contribution in [3.8, 4) is 0 Å². The van der Waals surface area contributed by atoms with Gasteiger partial charge in [0.15, 0.2) is 0 Å². The highest BCUT2D eigenvalue weighted by atomic mass is 19.4. The SMILES string of the molecule is CCC(C)CC1(O)CCC(C(F)(F)F)CC1.